The minimum absolute atomic E-state index is 0.130. The van der Waals surface area contributed by atoms with Crippen molar-refractivity contribution in [3.8, 4) is 5.75 Å². The topological polar surface area (TPSA) is 45.3 Å². The van der Waals surface area contributed by atoms with Crippen molar-refractivity contribution in [3.63, 3.8) is 0 Å². The van der Waals surface area contributed by atoms with Crippen molar-refractivity contribution in [1.82, 2.24) is 9.88 Å². The molecule has 0 spiro atoms. The molecule has 1 N–H and O–H groups in total. The first-order valence-electron chi connectivity index (χ1n) is 8.62. The molecule has 4 nitrogen and oxygen atoms in total. The molecule has 1 aromatic heterocycles. The molecule has 0 amide bonds. The first-order valence-corrected chi connectivity index (χ1v) is 8.62. The van der Waals surface area contributed by atoms with E-state index in [1.165, 1.54) is 0 Å². The largest absolute Gasteiger partial charge is 0.494 e. The Kier molecular flexibility index (Phi) is 5.19. The predicted octanol–water partition coefficient (Wildman–Crippen LogP) is 4.27. The van der Waals surface area contributed by atoms with Crippen LogP contribution in [0.4, 0.5) is 0 Å². The number of Topliss-reactive ketones (excluding diaryl/α,β-unsaturated/α-hetero) is 1. The van der Waals surface area contributed by atoms with Crippen LogP contribution in [0.2, 0.25) is 0 Å². The van der Waals surface area contributed by atoms with E-state index in [4.69, 9.17) is 4.74 Å². The van der Waals surface area contributed by atoms with Gasteiger partial charge in [-0.05, 0) is 44.7 Å². The maximum Gasteiger partial charge on any atom is 0.181 e. The summed E-state index contributed by atoms with van der Waals surface area (Å²) in [5.74, 6) is 1.00. The SMILES string of the molecule is CCOc1ccc(CN(C)[C@H](C)C(=O)c2c[nH]c3ccccc23)cc1. The second kappa shape index (κ2) is 7.53. The third-order valence-electron chi connectivity index (χ3n) is 4.56. The van der Waals surface area contributed by atoms with E-state index in [9.17, 15) is 4.79 Å². The summed E-state index contributed by atoms with van der Waals surface area (Å²) in [7, 11) is 1.98. The number of nitrogens with one attached hydrogen (secondary N) is 1. The van der Waals surface area contributed by atoms with Gasteiger partial charge in [0.25, 0.3) is 0 Å². The van der Waals surface area contributed by atoms with Gasteiger partial charge < -0.3 is 9.72 Å². The summed E-state index contributed by atoms with van der Waals surface area (Å²) in [6, 6.07) is 15.7. The van der Waals surface area contributed by atoms with Gasteiger partial charge in [0.05, 0.1) is 12.6 Å². The van der Waals surface area contributed by atoms with Gasteiger partial charge >= 0.3 is 0 Å². The molecule has 0 aliphatic rings. The third-order valence-corrected chi connectivity index (χ3v) is 4.56. The lowest BCUT2D eigenvalue weighted by Gasteiger charge is -2.23. The number of ketones is 1. The van der Waals surface area contributed by atoms with Crippen LogP contribution in [0, 0.1) is 0 Å². The molecule has 0 saturated heterocycles. The van der Waals surface area contributed by atoms with Gasteiger partial charge in [0, 0.05) is 29.2 Å². The lowest BCUT2D eigenvalue weighted by atomic mass is 10.0. The maximum atomic E-state index is 12.9. The lowest BCUT2D eigenvalue weighted by Crippen LogP contribution is -2.35. The maximum absolute atomic E-state index is 12.9. The van der Waals surface area contributed by atoms with Crippen LogP contribution < -0.4 is 4.74 Å². The van der Waals surface area contributed by atoms with Crippen LogP contribution in [-0.2, 0) is 6.54 Å². The molecule has 2 aromatic carbocycles. The Hall–Kier alpha value is -2.59. The number of rotatable bonds is 7. The molecule has 0 fully saturated rings. The number of ether oxygens (including phenoxy) is 1. The Morgan fingerprint density at radius 3 is 2.60 bits per heavy atom. The van der Waals surface area contributed by atoms with Crippen LogP contribution in [-0.4, -0.2) is 35.4 Å². The minimum atomic E-state index is -0.203. The fourth-order valence-electron chi connectivity index (χ4n) is 2.98. The van der Waals surface area contributed by atoms with Crippen LogP contribution in [0.1, 0.15) is 29.8 Å². The Bertz CT molecular complexity index is 852. The Balaban J connectivity index is 1.71. The van der Waals surface area contributed by atoms with Gasteiger partial charge in [-0.25, -0.2) is 0 Å². The average Bonchev–Trinajstić information content (AvgIpc) is 3.06. The van der Waals surface area contributed by atoms with Crippen molar-refractivity contribution >= 4 is 16.7 Å². The van der Waals surface area contributed by atoms with E-state index in [1.807, 2.05) is 75.6 Å². The molecule has 0 aliphatic heterocycles. The zero-order valence-corrected chi connectivity index (χ0v) is 15.0. The highest BCUT2D eigenvalue weighted by molar-refractivity contribution is 6.10. The van der Waals surface area contributed by atoms with Crippen LogP contribution in [0.3, 0.4) is 0 Å². The molecule has 1 atom stereocenters. The molecule has 3 rings (SSSR count). The van der Waals surface area contributed by atoms with Crippen molar-refractivity contribution in [2.75, 3.05) is 13.7 Å². The number of hydrogen-bond acceptors (Lipinski definition) is 3. The van der Waals surface area contributed by atoms with Crippen molar-refractivity contribution in [2.24, 2.45) is 0 Å². The summed E-state index contributed by atoms with van der Waals surface area (Å²) >= 11 is 0. The fourth-order valence-corrected chi connectivity index (χ4v) is 2.98. The van der Waals surface area contributed by atoms with Gasteiger partial charge in [-0.1, -0.05) is 30.3 Å². The monoisotopic (exact) mass is 336 g/mol. The highest BCUT2D eigenvalue weighted by Crippen LogP contribution is 2.21. The first-order chi connectivity index (χ1) is 12.1. The van der Waals surface area contributed by atoms with Crippen molar-refractivity contribution < 1.29 is 9.53 Å². The molecule has 0 unspecified atom stereocenters. The number of para-hydroxylation sites is 1. The van der Waals surface area contributed by atoms with E-state index in [-0.39, 0.29) is 11.8 Å². The number of hydrogen-bond donors (Lipinski definition) is 1. The molecular formula is C21H24N2O2. The van der Waals surface area contributed by atoms with Gasteiger partial charge in [0.2, 0.25) is 0 Å². The summed E-state index contributed by atoms with van der Waals surface area (Å²) in [5, 5.41) is 0.980. The summed E-state index contributed by atoms with van der Waals surface area (Å²) in [6.45, 7) is 5.30. The van der Waals surface area contributed by atoms with Crippen molar-refractivity contribution in [2.45, 2.75) is 26.4 Å². The molecule has 4 heteroatoms. The Morgan fingerprint density at radius 2 is 1.88 bits per heavy atom. The van der Waals surface area contributed by atoms with E-state index in [1.54, 1.807) is 0 Å². The number of aromatic amines is 1. The van der Waals surface area contributed by atoms with Crippen LogP contribution >= 0.6 is 0 Å². The van der Waals surface area contributed by atoms with E-state index >= 15 is 0 Å². The molecule has 130 valence electrons. The Labute approximate surface area is 148 Å². The summed E-state index contributed by atoms with van der Waals surface area (Å²) in [4.78, 5) is 18.2. The first kappa shape index (κ1) is 17.2. The van der Waals surface area contributed by atoms with Gasteiger partial charge in [0.1, 0.15) is 5.75 Å². The zero-order chi connectivity index (χ0) is 17.8. The molecule has 25 heavy (non-hydrogen) atoms. The average molecular weight is 336 g/mol. The molecule has 1 heterocycles. The van der Waals surface area contributed by atoms with E-state index in [0.717, 1.165) is 27.8 Å². The van der Waals surface area contributed by atoms with Crippen LogP contribution in [0.5, 0.6) is 5.75 Å². The molecule has 0 aliphatic carbocycles. The minimum Gasteiger partial charge on any atom is -0.494 e. The van der Waals surface area contributed by atoms with Gasteiger partial charge in [-0.2, -0.15) is 0 Å². The van der Waals surface area contributed by atoms with E-state index in [2.05, 4.69) is 9.88 Å². The normalized spacial score (nSPS) is 12.5. The number of H-pyrrole nitrogens is 1. The lowest BCUT2D eigenvalue weighted by molar-refractivity contribution is 0.0864. The van der Waals surface area contributed by atoms with Gasteiger partial charge in [0.15, 0.2) is 5.78 Å². The number of carbonyl (C=O) groups excluding carboxylic acids is 1. The molecule has 3 aromatic rings. The molecule has 0 bridgehead atoms. The summed E-state index contributed by atoms with van der Waals surface area (Å²) in [6.07, 6.45) is 1.81. The van der Waals surface area contributed by atoms with Crippen LogP contribution in [0.15, 0.2) is 54.7 Å². The molecule has 0 saturated carbocycles. The standard InChI is InChI=1S/C21H24N2O2/c1-4-25-17-11-9-16(10-12-17)14-23(3)15(2)21(24)19-13-22-20-8-6-5-7-18(19)20/h5-13,15,22H,4,14H2,1-3H3/t15-/m1/s1. The molecular weight excluding hydrogens is 312 g/mol. The zero-order valence-electron chi connectivity index (χ0n) is 15.0. The highest BCUT2D eigenvalue weighted by atomic mass is 16.5. The van der Waals surface area contributed by atoms with E-state index < -0.39 is 0 Å². The number of carbonyl (C=O) groups is 1. The van der Waals surface area contributed by atoms with Gasteiger partial charge in [-0.15, -0.1) is 0 Å². The number of aromatic nitrogens is 1. The number of benzene rings is 2. The Morgan fingerprint density at radius 1 is 1.16 bits per heavy atom. The van der Waals surface area contributed by atoms with E-state index in [0.29, 0.717) is 13.2 Å². The number of fused-ring (bicyclic) bond motifs is 1. The summed E-state index contributed by atoms with van der Waals surface area (Å²) in [5.41, 5.74) is 2.90. The van der Waals surface area contributed by atoms with Crippen molar-refractivity contribution in [1.29, 1.82) is 0 Å². The van der Waals surface area contributed by atoms with Crippen LogP contribution in [0.25, 0.3) is 10.9 Å². The number of nitrogens with zero attached hydrogens (tertiary/aromatic N) is 1. The highest BCUT2D eigenvalue weighted by Gasteiger charge is 2.22. The molecule has 0 radical (unpaired) electrons. The van der Waals surface area contributed by atoms with Crippen molar-refractivity contribution in [3.05, 3.63) is 65.9 Å². The van der Waals surface area contributed by atoms with Gasteiger partial charge in [-0.3, -0.25) is 9.69 Å². The predicted molar refractivity (Wildman–Crippen MR) is 101 cm³/mol. The fraction of sp³-hybridized carbons (Fsp3) is 0.286. The summed E-state index contributed by atoms with van der Waals surface area (Å²) < 4.78 is 5.47. The second-order valence-electron chi connectivity index (χ2n) is 6.28. The smallest absolute Gasteiger partial charge is 0.181 e. The quantitative estimate of drug-likeness (QED) is 0.655. The second-order valence-corrected chi connectivity index (χ2v) is 6.28. The third kappa shape index (κ3) is 3.74. The number of likely N-dealkylation sites (N-methyl/N-ethyl adjacent to an activating group) is 1.